The summed E-state index contributed by atoms with van der Waals surface area (Å²) in [6.07, 6.45) is 1.32. The van der Waals surface area contributed by atoms with Gasteiger partial charge in [0.1, 0.15) is 12.9 Å². The second kappa shape index (κ2) is 5.40. The molecule has 8 heteroatoms. The predicted molar refractivity (Wildman–Crippen MR) is 80.4 cm³/mol. The number of benzene rings is 1. The number of nitrogens with one attached hydrogen (secondary N) is 1. The van der Waals surface area contributed by atoms with Crippen LogP contribution in [-0.4, -0.2) is 30.5 Å². The highest BCUT2D eigenvalue weighted by Gasteiger charge is 2.12. The highest BCUT2D eigenvalue weighted by atomic mass is 16.2. The normalized spacial score (nSPS) is 10.8. The standard InChI is InChI=1S/C14H14N6O2/c1-9-5-3-4-6-10(9)16-11(21)7-20-8-15-13-12(14(20)22)17-18-19(13)2/h3-6,8H,7H2,1-2H3,(H,16,21). The highest BCUT2D eigenvalue weighted by molar-refractivity contribution is 5.91. The Morgan fingerprint density at radius 3 is 2.86 bits per heavy atom. The Bertz CT molecular complexity index is 911. The van der Waals surface area contributed by atoms with Crippen LogP contribution in [0, 0.1) is 6.92 Å². The third-order valence-corrected chi connectivity index (χ3v) is 3.31. The zero-order chi connectivity index (χ0) is 15.7. The Labute approximate surface area is 125 Å². The molecule has 1 aromatic carbocycles. The summed E-state index contributed by atoms with van der Waals surface area (Å²) in [5.41, 5.74) is 1.81. The Hall–Kier alpha value is -3.03. The summed E-state index contributed by atoms with van der Waals surface area (Å²) in [5.74, 6) is -0.304. The van der Waals surface area contributed by atoms with Crippen molar-refractivity contribution >= 4 is 22.8 Å². The van der Waals surface area contributed by atoms with Gasteiger partial charge in [0.2, 0.25) is 5.91 Å². The van der Waals surface area contributed by atoms with E-state index in [1.54, 1.807) is 13.1 Å². The monoisotopic (exact) mass is 298 g/mol. The first-order valence-electron chi connectivity index (χ1n) is 6.66. The highest BCUT2D eigenvalue weighted by Crippen LogP contribution is 2.12. The van der Waals surface area contributed by atoms with E-state index in [0.29, 0.717) is 11.3 Å². The minimum atomic E-state index is -0.391. The molecule has 2 aromatic heterocycles. The number of aryl methyl sites for hydroxylation is 2. The molecule has 2 heterocycles. The molecule has 0 radical (unpaired) electrons. The van der Waals surface area contributed by atoms with Crippen LogP contribution in [-0.2, 0) is 18.4 Å². The summed E-state index contributed by atoms with van der Waals surface area (Å²) in [7, 11) is 1.65. The molecule has 0 aliphatic heterocycles. The maximum atomic E-state index is 12.2. The molecule has 0 unspecified atom stereocenters. The van der Waals surface area contributed by atoms with Crippen molar-refractivity contribution in [2.24, 2.45) is 7.05 Å². The molecule has 3 rings (SSSR count). The third-order valence-electron chi connectivity index (χ3n) is 3.31. The molecule has 0 fully saturated rings. The van der Waals surface area contributed by atoms with Gasteiger partial charge in [0.05, 0.1) is 0 Å². The van der Waals surface area contributed by atoms with Crippen LogP contribution in [0.3, 0.4) is 0 Å². The number of anilines is 1. The van der Waals surface area contributed by atoms with Crippen molar-refractivity contribution in [1.29, 1.82) is 0 Å². The van der Waals surface area contributed by atoms with E-state index in [9.17, 15) is 9.59 Å². The number of para-hydroxylation sites is 1. The van der Waals surface area contributed by atoms with Crippen molar-refractivity contribution in [3.05, 3.63) is 46.5 Å². The van der Waals surface area contributed by atoms with Crippen LogP contribution in [0.1, 0.15) is 5.56 Å². The van der Waals surface area contributed by atoms with Gasteiger partial charge < -0.3 is 5.32 Å². The zero-order valence-electron chi connectivity index (χ0n) is 12.1. The number of aromatic nitrogens is 5. The molecule has 0 atom stereocenters. The lowest BCUT2D eigenvalue weighted by Gasteiger charge is -2.09. The molecule has 112 valence electrons. The fourth-order valence-corrected chi connectivity index (χ4v) is 2.12. The second-order valence-electron chi connectivity index (χ2n) is 4.93. The van der Waals surface area contributed by atoms with Crippen LogP contribution in [0.2, 0.25) is 0 Å². The fraction of sp³-hybridized carbons (Fsp3) is 0.214. The molecule has 0 saturated heterocycles. The maximum absolute atomic E-state index is 12.2. The first kappa shape index (κ1) is 13.9. The number of rotatable bonds is 3. The van der Waals surface area contributed by atoms with Crippen LogP contribution in [0.5, 0.6) is 0 Å². The summed E-state index contributed by atoms with van der Waals surface area (Å²) >= 11 is 0. The van der Waals surface area contributed by atoms with Crippen LogP contribution in [0.25, 0.3) is 11.2 Å². The van der Waals surface area contributed by atoms with Crippen molar-refractivity contribution in [1.82, 2.24) is 24.5 Å². The van der Waals surface area contributed by atoms with E-state index in [2.05, 4.69) is 20.6 Å². The SMILES string of the molecule is Cc1ccccc1NC(=O)Cn1cnc2c(nnn2C)c1=O. The van der Waals surface area contributed by atoms with Gasteiger partial charge >= 0.3 is 0 Å². The van der Waals surface area contributed by atoms with Crippen molar-refractivity contribution in [3.8, 4) is 0 Å². The maximum Gasteiger partial charge on any atom is 0.283 e. The van der Waals surface area contributed by atoms with Crippen LogP contribution in [0.4, 0.5) is 5.69 Å². The minimum absolute atomic E-state index is 0.132. The van der Waals surface area contributed by atoms with Gasteiger partial charge in [-0.1, -0.05) is 23.4 Å². The molecule has 0 saturated carbocycles. The van der Waals surface area contributed by atoms with Gasteiger partial charge in [-0.25, -0.2) is 9.67 Å². The third kappa shape index (κ3) is 2.46. The average molecular weight is 298 g/mol. The van der Waals surface area contributed by atoms with E-state index < -0.39 is 5.56 Å². The van der Waals surface area contributed by atoms with Gasteiger partial charge in [-0.3, -0.25) is 14.2 Å². The van der Waals surface area contributed by atoms with Gasteiger partial charge in [0.25, 0.3) is 5.56 Å². The lowest BCUT2D eigenvalue weighted by molar-refractivity contribution is -0.116. The number of fused-ring (bicyclic) bond motifs is 1. The lowest BCUT2D eigenvalue weighted by Crippen LogP contribution is -2.28. The number of hydrogen-bond donors (Lipinski definition) is 1. The average Bonchev–Trinajstić information content (AvgIpc) is 2.87. The fourth-order valence-electron chi connectivity index (χ4n) is 2.12. The number of carbonyl (C=O) groups is 1. The Morgan fingerprint density at radius 2 is 2.09 bits per heavy atom. The van der Waals surface area contributed by atoms with Gasteiger partial charge in [-0.15, -0.1) is 5.10 Å². The van der Waals surface area contributed by atoms with Crippen molar-refractivity contribution in [2.75, 3.05) is 5.32 Å². The summed E-state index contributed by atoms with van der Waals surface area (Å²) in [6, 6.07) is 7.43. The van der Waals surface area contributed by atoms with E-state index in [1.165, 1.54) is 15.6 Å². The molecule has 0 aliphatic carbocycles. The van der Waals surface area contributed by atoms with Gasteiger partial charge in [-0.05, 0) is 18.6 Å². The smallest absolute Gasteiger partial charge is 0.283 e. The number of amides is 1. The molecule has 22 heavy (non-hydrogen) atoms. The van der Waals surface area contributed by atoms with E-state index in [1.807, 2.05) is 25.1 Å². The number of hydrogen-bond acceptors (Lipinski definition) is 5. The first-order chi connectivity index (χ1) is 10.6. The number of nitrogens with zero attached hydrogens (tertiary/aromatic N) is 5. The molecule has 3 aromatic rings. The quantitative estimate of drug-likeness (QED) is 0.758. The first-order valence-corrected chi connectivity index (χ1v) is 6.66. The van der Waals surface area contributed by atoms with E-state index in [4.69, 9.17) is 0 Å². The Balaban J connectivity index is 1.84. The van der Waals surface area contributed by atoms with Gasteiger partial charge in [-0.2, -0.15) is 0 Å². The molecular weight excluding hydrogens is 284 g/mol. The molecule has 1 amide bonds. The molecule has 0 bridgehead atoms. The summed E-state index contributed by atoms with van der Waals surface area (Å²) in [6.45, 7) is 1.77. The minimum Gasteiger partial charge on any atom is -0.324 e. The Kier molecular flexibility index (Phi) is 3.42. The summed E-state index contributed by atoms with van der Waals surface area (Å²) in [5, 5.41) is 10.3. The van der Waals surface area contributed by atoms with Gasteiger partial charge in [0, 0.05) is 12.7 Å². The molecule has 8 nitrogen and oxygen atoms in total. The van der Waals surface area contributed by atoms with Gasteiger partial charge in [0.15, 0.2) is 11.2 Å². The van der Waals surface area contributed by atoms with Crippen LogP contribution >= 0.6 is 0 Å². The van der Waals surface area contributed by atoms with E-state index in [0.717, 1.165) is 5.56 Å². The second-order valence-corrected chi connectivity index (χ2v) is 4.93. The summed E-state index contributed by atoms with van der Waals surface area (Å²) < 4.78 is 2.62. The van der Waals surface area contributed by atoms with E-state index in [-0.39, 0.29) is 18.0 Å². The topological polar surface area (TPSA) is 94.7 Å². The zero-order valence-corrected chi connectivity index (χ0v) is 12.1. The lowest BCUT2D eigenvalue weighted by atomic mass is 10.2. The molecule has 1 N–H and O–H groups in total. The largest absolute Gasteiger partial charge is 0.324 e. The van der Waals surface area contributed by atoms with Crippen molar-refractivity contribution < 1.29 is 4.79 Å². The van der Waals surface area contributed by atoms with E-state index >= 15 is 0 Å². The van der Waals surface area contributed by atoms with Crippen LogP contribution < -0.4 is 10.9 Å². The van der Waals surface area contributed by atoms with Crippen molar-refractivity contribution in [2.45, 2.75) is 13.5 Å². The van der Waals surface area contributed by atoms with Crippen molar-refractivity contribution in [3.63, 3.8) is 0 Å². The Morgan fingerprint density at radius 1 is 1.32 bits per heavy atom. The molecule has 0 spiro atoms. The molecular formula is C14H14N6O2. The predicted octanol–water partition coefficient (Wildman–Crippen LogP) is 0.472. The number of carbonyl (C=O) groups excluding carboxylic acids is 1. The summed E-state index contributed by atoms with van der Waals surface area (Å²) in [4.78, 5) is 28.4. The van der Waals surface area contributed by atoms with Crippen LogP contribution in [0.15, 0.2) is 35.4 Å². The molecule has 0 aliphatic rings.